The Hall–Kier alpha value is -1.09. The van der Waals surface area contributed by atoms with Crippen LogP contribution >= 0.6 is 11.6 Å². The van der Waals surface area contributed by atoms with Crippen LogP contribution in [0.25, 0.3) is 0 Å². The van der Waals surface area contributed by atoms with Crippen LogP contribution in [0.3, 0.4) is 0 Å². The molecule has 1 aromatic carbocycles. The highest BCUT2D eigenvalue weighted by Gasteiger charge is 2.60. The van der Waals surface area contributed by atoms with Crippen LogP contribution in [0, 0.1) is 11.2 Å². The van der Waals surface area contributed by atoms with Crippen molar-refractivity contribution in [2.45, 2.75) is 50.4 Å². The standard InChI is InChI=1S/C16H18ClFO2/c17-13-8-11(18)4-5-12(13)16(14(19)20)9-15(10-16)6-2-1-3-7-15/h4-5,8H,1-3,6-7,9-10H2,(H,19,20). The smallest absolute Gasteiger partial charge is 0.314 e. The summed E-state index contributed by atoms with van der Waals surface area (Å²) >= 11 is 6.09. The van der Waals surface area contributed by atoms with Gasteiger partial charge in [0.2, 0.25) is 0 Å². The Balaban J connectivity index is 1.93. The van der Waals surface area contributed by atoms with Gasteiger partial charge in [0.05, 0.1) is 5.41 Å². The maximum Gasteiger partial charge on any atom is 0.314 e. The summed E-state index contributed by atoms with van der Waals surface area (Å²) in [5, 5.41) is 9.93. The number of rotatable bonds is 2. The van der Waals surface area contributed by atoms with Gasteiger partial charge in [0.1, 0.15) is 5.82 Å². The fourth-order valence-corrected chi connectivity index (χ4v) is 4.57. The van der Waals surface area contributed by atoms with Crippen LogP contribution in [0.15, 0.2) is 18.2 Å². The molecule has 0 saturated heterocycles. The van der Waals surface area contributed by atoms with E-state index in [1.165, 1.54) is 31.4 Å². The third-order valence-electron chi connectivity index (χ3n) is 5.12. The lowest BCUT2D eigenvalue weighted by Crippen LogP contribution is -2.55. The molecule has 0 amide bonds. The zero-order valence-electron chi connectivity index (χ0n) is 11.3. The summed E-state index contributed by atoms with van der Waals surface area (Å²) < 4.78 is 13.2. The molecular weight excluding hydrogens is 279 g/mol. The Labute approximate surface area is 122 Å². The number of carboxylic acids is 1. The van der Waals surface area contributed by atoms with Crippen molar-refractivity contribution in [2.24, 2.45) is 5.41 Å². The number of halogens is 2. The van der Waals surface area contributed by atoms with Crippen LogP contribution in [0.5, 0.6) is 0 Å². The maximum absolute atomic E-state index is 13.2. The number of hydrogen-bond donors (Lipinski definition) is 1. The summed E-state index contributed by atoms with van der Waals surface area (Å²) in [6.45, 7) is 0. The molecule has 1 spiro atoms. The number of hydrogen-bond acceptors (Lipinski definition) is 1. The summed E-state index contributed by atoms with van der Waals surface area (Å²) in [5.41, 5.74) is -0.166. The first-order valence-electron chi connectivity index (χ1n) is 7.17. The zero-order chi connectivity index (χ0) is 14.4. The third kappa shape index (κ3) is 2.03. The Morgan fingerprint density at radius 3 is 2.40 bits per heavy atom. The Kier molecular flexibility index (Phi) is 3.28. The van der Waals surface area contributed by atoms with Gasteiger partial charge in [-0.2, -0.15) is 0 Å². The minimum atomic E-state index is -0.915. The van der Waals surface area contributed by atoms with Crippen LogP contribution in [-0.2, 0) is 10.2 Å². The van der Waals surface area contributed by atoms with Gasteiger partial charge in [0.15, 0.2) is 0 Å². The first-order valence-corrected chi connectivity index (χ1v) is 7.54. The van der Waals surface area contributed by atoms with E-state index < -0.39 is 17.2 Å². The van der Waals surface area contributed by atoms with E-state index in [4.69, 9.17) is 11.6 Å². The summed E-state index contributed by atoms with van der Waals surface area (Å²) in [4.78, 5) is 11.8. The lowest BCUT2D eigenvalue weighted by atomic mass is 9.46. The van der Waals surface area contributed by atoms with Crippen molar-refractivity contribution in [3.8, 4) is 0 Å². The molecule has 3 rings (SSSR count). The Morgan fingerprint density at radius 2 is 1.85 bits per heavy atom. The molecule has 0 heterocycles. The minimum Gasteiger partial charge on any atom is -0.481 e. The minimum absolute atomic E-state index is 0.175. The molecule has 20 heavy (non-hydrogen) atoms. The molecule has 0 radical (unpaired) electrons. The molecule has 1 aromatic rings. The van der Waals surface area contributed by atoms with Crippen molar-refractivity contribution in [1.82, 2.24) is 0 Å². The van der Waals surface area contributed by atoms with Crippen molar-refractivity contribution in [1.29, 1.82) is 0 Å². The second-order valence-corrected chi connectivity index (χ2v) is 6.83. The summed E-state index contributed by atoms with van der Waals surface area (Å²) in [6, 6.07) is 4.06. The van der Waals surface area contributed by atoms with Gasteiger partial charge in [0.25, 0.3) is 0 Å². The molecule has 2 nitrogen and oxygen atoms in total. The highest BCUT2D eigenvalue weighted by Crippen LogP contribution is 2.62. The van der Waals surface area contributed by atoms with Gasteiger partial charge in [-0.05, 0) is 48.8 Å². The van der Waals surface area contributed by atoms with E-state index in [0.717, 1.165) is 12.8 Å². The largest absolute Gasteiger partial charge is 0.481 e. The topological polar surface area (TPSA) is 37.3 Å². The van der Waals surface area contributed by atoms with Crippen molar-refractivity contribution in [3.63, 3.8) is 0 Å². The maximum atomic E-state index is 13.2. The predicted molar refractivity (Wildman–Crippen MR) is 75.5 cm³/mol. The molecule has 1 N–H and O–H groups in total. The molecule has 0 aromatic heterocycles. The number of carboxylic acid groups (broad SMARTS) is 1. The van der Waals surface area contributed by atoms with E-state index >= 15 is 0 Å². The van der Waals surface area contributed by atoms with Crippen molar-refractivity contribution < 1.29 is 14.3 Å². The zero-order valence-corrected chi connectivity index (χ0v) is 12.0. The van der Waals surface area contributed by atoms with Gasteiger partial charge >= 0.3 is 5.97 Å². The lowest BCUT2D eigenvalue weighted by Gasteiger charge is -2.56. The summed E-state index contributed by atoms with van der Waals surface area (Å²) in [5.74, 6) is -1.26. The molecule has 0 unspecified atom stereocenters. The van der Waals surface area contributed by atoms with E-state index in [9.17, 15) is 14.3 Å². The van der Waals surface area contributed by atoms with Crippen LogP contribution < -0.4 is 0 Å². The average Bonchev–Trinajstić information content (AvgIpc) is 2.36. The van der Waals surface area contributed by atoms with Crippen LogP contribution in [0.2, 0.25) is 5.02 Å². The van der Waals surface area contributed by atoms with Crippen molar-refractivity contribution >= 4 is 17.6 Å². The second kappa shape index (κ2) is 4.73. The molecule has 0 atom stereocenters. The highest BCUT2D eigenvalue weighted by molar-refractivity contribution is 6.31. The molecular formula is C16H18ClFO2. The van der Waals surface area contributed by atoms with E-state index in [2.05, 4.69) is 0 Å². The lowest BCUT2D eigenvalue weighted by molar-refractivity contribution is -0.156. The molecule has 4 heteroatoms. The first-order chi connectivity index (χ1) is 9.47. The van der Waals surface area contributed by atoms with Gasteiger partial charge < -0.3 is 5.11 Å². The molecule has 108 valence electrons. The van der Waals surface area contributed by atoms with Crippen LogP contribution in [-0.4, -0.2) is 11.1 Å². The fourth-order valence-electron chi connectivity index (χ4n) is 4.22. The van der Waals surface area contributed by atoms with Gasteiger partial charge in [0, 0.05) is 5.02 Å². The van der Waals surface area contributed by atoms with E-state index in [1.807, 2.05) is 0 Å². The quantitative estimate of drug-likeness (QED) is 0.869. The number of benzene rings is 1. The Bertz CT molecular complexity index is 541. The van der Waals surface area contributed by atoms with Gasteiger partial charge in [-0.1, -0.05) is 36.9 Å². The molecule has 2 aliphatic rings. The van der Waals surface area contributed by atoms with Crippen LogP contribution in [0.4, 0.5) is 4.39 Å². The van der Waals surface area contributed by atoms with Crippen LogP contribution in [0.1, 0.15) is 50.5 Å². The van der Waals surface area contributed by atoms with Gasteiger partial charge in [-0.25, -0.2) is 4.39 Å². The molecule has 0 aliphatic heterocycles. The van der Waals surface area contributed by atoms with Crippen molar-refractivity contribution in [3.05, 3.63) is 34.6 Å². The summed E-state index contributed by atoms with van der Waals surface area (Å²) in [7, 11) is 0. The highest BCUT2D eigenvalue weighted by atomic mass is 35.5. The molecule has 0 bridgehead atoms. The number of carbonyl (C=O) groups is 1. The molecule has 2 saturated carbocycles. The average molecular weight is 297 g/mol. The molecule has 2 aliphatic carbocycles. The first kappa shape index (κ1) is 13.9. The van der Waals surface area contributed by atoms with E-state index in [0.29, 0.717) is 18.4 Å². The third-order valence-corrected chi connectivity index (χ3v) is 5.44. The van der Waals surface area contributed by atoms with E-state index in [1.54, 1.807) is 6.07 Å². The SMILES string of the molecule is O=C(O)C1(c2ccc(F)cc2Cl)CC2(CCCCC2)C1. The van der Waals surface area contributed by atoms with Gasteiger partial charge in [-0.3, -0.25) is 4.79 Å². The predicted octanol–water partition coefficient (Wildman–Crippen LogP) is 4.55. The van der Waals surface area contributed by atoms with E-state index in [-0.39, 0.29) is 10.4 Å². The second-order valence-electron chi connectivity index (χ2n) is 6.43. The molecule has 2 fully saturated rings. The normalized spacial score (nSPS) is 23.3. The van der Waals surface area contributed by atoms with Gasteiger partial charge in [-0.15, -0.1) is 0 Å². The number of aliphatic carboxylic acids is 1. The van der Waals surface area contributed by atoms with Crippen molar-refractivity contribution in [2.75, 3.05) is 0 Å². The monoisotopic (exact) mass is 296 g/mol. The Morgan fingerprint density at radius 1 is 1.20 bits per heavy atom. The summed E-state index contributed by atoms with van der Waals surface area (Å²) in [6.07, 6.45) is 7.13. The fraction of sp³-hybridized carbons (Fsp3) is 0.562.